The average Bonchev–Trinajstić information content (AvgIpc) is 3.33. The summed E-state index contributed by atoms with van der Waals surface area (Å²) in [4.78, 5) is 4.54. The van der Waals surface area contributed by atoms with Gasteiger partial charge >= 0.3 is 0 Å². The quantitative estimate of drug-likeness (QED) is 0.241. The summed E-state index contributed by atoms with van der Waals surface area (Å²) in [6, 6.07) is 29.7. The van der Waals surface area contributed by atoms with E-state index in [1.165, 1.54) is 0 Å². The number of hydrogen-bond acceptors (Lipinski definition) is 3. The van der Waals surface area contributed by atoms with E-state index < -0.39 is 11.2 Å². The van der Waals surface area contributed by atoms with Crippen LogP contribution in [0.15, 0.2) is 89.3 Å². The largest absolute Gasteiger partial charge is 0.455 e. The summed E-state index contributed by atoms with van der Waals surface area (Å²) < 4.78 is 22.0. The fourth-order valence-electron chi connectivity index (χ4n) is 5.34. The van der Waals surface area contributed by atoms with Crippen molar-refractivity contribution >= 4 is 48.7 Å². The molecule has 188 valence electrons. The van der Waals surface area contributed by atoms with Crippen LogP contribution in [0.25, 0.3) is 55.4 Å². The van der Waals surface area contributed by atoms with Gasteiger partial charge in [-0.1, -0.05) is 87.5 Å². The molecule has 0 atom stereocenters. The average molecular weight is 516 g/mol. The smallest absolute Gasteiger partial charge is 0.144 e. The third-order valence-corrected chi connectivity index (χ3v) is 7.23. The van der Waals surface area contributed by atoms with E-state index in [1.807, 2.05) is 69.3 Å². The molecule has 6 rings (SSSR count). The Balaban J connectivity index is 1.57. The minimum Gasteiger partial charge on any atom is -0.455 e. The number of hydrogen-bond donors (Lipinski definition) is 0. The number of nitriles is 1. The van der Waals surface area contributed by atoms with Crippen LogP contribution in [-0.4, -0.2) is 20.7 Å². The van der Waals surface area contributed by atoms with Crippen LogP contribution in [0.5, 0.6) is 0 Å². The van der Waals surface area contributed by atoms with E-state index in [-0.39, 0.29) is 22.3 Å². The van der Waals surface area contributed by atoms with Crippen molar-refractivity contribution in [2.45, 2.75) is 26.2 Å². The van der Waals surface area contributed by atoms with Gasteiger partial charge in [0.2, 0.25) is 0 Å². The molecule has 0 N–H and O–H groups in total. The highest BCUT2D eigenvalue weighted by Gasteiger charge is 2.26. The fraction of sp³-hybridized carbons (Fsp3) is 0.118. The molecule has 3 nitrogen and oxygen atoms in total. The lowest BCUT2D eigenvalue weighted by Crippen LogP contribution is -2.34. The van der Waals surface area contributed by atoms with Gasteiger partial charge in [0.15, 0.2) is 0 Å². The molecule has 2 heterocycles. The Labute approximate surface area is 235 Å². The number of benzene rings is 4. The molecule has 0 aliphatic heterocycles. The fourth-order valence-corrected chi connectivity index (χ4v) is 5.34. The van der Waals surface area contributed by atoms with Gasteiger partial charge in [-0.25, -0.2) is 4.39 Å². The first-order chi connectivity index (χ1) is 19.2. The zero-order valence-corrected chi connectivity index (χ0v) is 22.4. The monoisotopic (exact) mass is 516 g/mol. The van der Waals surface area contributed by atoms with E-state index in [9.17, 15) is 5.26 Å². The maximum atomic E-state index is 15.5. The second kappa shape index (κ2) is 9.54. The molecule has 4 aromatic carbocycles. The molecule has 0 saturated carbocycles. The van der Waals surface area contributed by atoms with Gasteiger partial charge in [-0.05, 0) is 51.4 Å². The Bertz CT molecular complexity index is 1970. The molecule has 6 aromatic rings. The van der Waals surface area contributed by atoms with Crippen LogP contribution in [0.1, 0.15) is 31.9 Å². The van der Waals surface area contributed by atoms with Crippen molar-refractivity contribution in [2.24, 2.45) is 0 Å². The summed E-state index contributed by atoms with van der Waals surface area (Å²) in [5, 5.41) is 11.4. The van der Waals surface area contributed by atoms with Gasteiger partial charge in [0.05, 0.1) is 17.3 Å². The minimum absolute atomic E-state index is 0.0819. The van der Waals surface area contributed by atoms with Crippen molar-refractivity contribution in [1.29, 1.82) is 5.26 Å². The van der Waals surface area contributed by atoms with Crippen molar-refractivity contribution < 1.29 is 8.81 Å². The molecule has 0 fully saturated rings. The molecule has 6 heteroatoms. The number of aromatic nitrogens is 1. The minimum atomic E-state index is -0.575. The molecule has 0 aliphatic rings. The molecule has 0 saturated heterocycles. The molecule has 0 amide bonds. The Morgan fingerprint density at radius 1 is 0.775 bits per heavy atom. The van der Waals surface area contributed by atoms with E-state index in [2.05, 4.69) is 35.3 Å². The van der Waals surface area contributed by atoms with Gasteiger partial charge in [0.1, 0.15) is 32.7 Å². The highest BCUT2D eigenvalue weighted by Crippen LogP contribution is 2.40. The van der Waals surface area contributed by atoms with Gasteiger partial charge in [-0.2, -0.15) is 5.26 Å². The summed E-state index contributed by atoms with van der Waals surface area (Å²) in [6.45, 7) is 5.59. The van der Waals surface area contributed by atoms with Gasteiger partial charge < -0.3 is 4.42 Å². The number of halogens is 1. The molecule has 40 heavy (non-hydrogen) atoms. The first kappa shape index (κ1) is 25.6. The van der Waals surface area contributed by atoms with Crippen LogP contribution in [0.3, 0.4) is 0 Å². The Morgan fingerprint density at radius 3 is 2.10 bits per heavy atom. The van der Waals surface area contributed by atoms with Gasteiger partial charge in [0.25, 0.3) is 0 Å². The van der Waals surface area contributed by atoms with E-state index in [0.29, 0.717) is 22.3 Å². The number of fused-ring (bicyclic) bond motifs is 3. The maximum Gasteiger partial charge on any atom is 0.144 e. The molecule has 0 unspecified atom stereocenters. The summed E-state index contributed by atoms with van der Waals surface area (Å²) in [5.74, 6) is -0.575. The lowest BCUT2D eigenvalue weighted by molar-refractivity contribution is 0.529. The van der Waals surface area contributed by atoms with Crippen molar-refractivity contribution in [3.05, 3.63) is 102 Å². The number of pyridine rings is 1. The van der Waals surface area contributed by atoms with Crippen molar-refractivity contribution in [3.8, 4) is 39.6 Å². The third kappa shape index (κ3) is 4.19. The highest BCUT2D eigenvalue weighted by molar-refractivity contribution is 6.38. The summed E-state index contributed by atoms with van der Waals surface area (Å²) in [7, 11) is 12.6. The maximum absolute atomic E-state index is 15.5. The number of nitrogens with zero attached hydrogens (tertiary/aromatic N) is 2. The first-order valence-corrected chi connectivity index (χ1v) is 13.0. The SMILES string of the molecule is [B]c1nc(-c2cccc3c2oc2c(-c4ccc(-c5ccccc5)cc4)cc(C#N)cc23)c([B])c(F)c1C(C)(C)C. The lowest BCUT2D eigenvalue weighted by atomic mass is 9.76. The zero-order valence-electron chi connectivity index (χ0n) is 22.4. The first-order valence-electron chi connectivity index (χ1n) is 13.0. The van der Waals surface area contributed by atoms with Gasteiger partial charge in [0, 0.05) is 27.5 Å². The summed E-state index contributed by atoms with van der Waals surface area (Å²) in [5.41, 5.74) is 5.99. The topological polar surface area (TPSA) is 49.8 Å². The normalized spacial score (nSPS) is 11.7. The van der Waals surface area contributed by atoms with Crippen molar-refractivity contribution in [2.75, 3.05) is 0 Å². The Hall–Kier alpha value is -4.62. The van der Waals surface area contributed by atoms with E-state index >= 15 is 4.39 Å². The number of para-hydroxylation sites is 1. The van der Waals surface area contributed by atoms with E-state index in [0.717, 1.165) is 33.0 Å². The van der Waals surface area contributed by atoms with Crippen LogP contribution < -0.4 is 11.1 Å². The second-order valence-electron chi connectivity index (χ2n) is 10.9. The predicted molar refractivity (Wildman–Crippen MR) is 162 cm³/mol. The number of furan rings is 1. The molecule has 0 bridgehead atoms. The highest BCUT2D eigenvalue weighted by atomic mass is 19.1. The van der Waals surface area contributed by atoms with Gasteiger partial charge in [-0.3, -0.25) is 4.98 Å². The summed E-state index contributed by atoms with van der Waals surface area (Å²) >= 11 is 0. The third-order valence-electron chi connectivity index (χ3n) is 7.23. The summed E-state index contributed by atoms with van der Waals surface area (Å²) in [6.07, 6.45) is 0. The molecule has 0 spiro atoms. The standard InChI is InChI=1S/C34H23B2FN2O/c1-34(2,3)27-29(37)28(35)30(39-33(27)36)24-11-7-10-23-26-17-19(18-38)16-25(32(26)40-31(23)24)22-14-12-21(13-15-22)20-8-5-4-6-9-20/h4-17H,1-3H3. The van der Waals surface area contributed by atoms with E-state index in [4.69, 9.17) is 20.1 Å². The van der Waals surface area contributed by atoms with E-state index in [1.54, 1.807) is 12.1 Å². The molecular weight excluding hydrogens is 493 g/mol. The van der Waals surface area contributed by atoms with Crippen LogP contribution >= 0.6 is 0 Å². The van der Waals surface area contributed by atoms with Crippen molar-refractivity contribution in [1.82, 2.24) is 4.98 Å². The molecule has 0 aliphatic carbocycles. The zero-order chi connectivity index (χ0) is 28.2. The number of rotatable bonds is 3. The predicted octanol–water partition coefficient (Wildman–Crippen LogP) is 6.88. The van der Waals surface area contributed by atoms with Crippen molar-refractivity contribution in [3.63, 3.8) is 0 Å². The Kier molecular flexibility index (Phi) is 6.11. The van der Waals surface area contributed by atoms with Gasteiger partial charge in [-0.15, -0.1) is 0 Å². The second-order valence-corrected chi connectivity index (χ2v) is 10.9. The van der Waals surface area contributed by atoms with Crippen LogP contribution in [-0.2, 0) is 5.41 Å². The Morgan fingerprint density at radius 2 is 1.43 bits per heavy atom. The molecule has 4 radical (unpaired) electrons. The van der Waals surface area contributed by atoms with Crippen LogP contribution in [0, 0.1) is 17.1 Å². The lowest BCUT2D eigenvalue weighted by Gasteiger charge is -2.24. The molecular formula is C34H23B2FN2O. The van der Waals surface area contributed by atoms with Crippen LogP contribution in [0.4, 0.5) is 4.39 Å². The molecule has 2 aromatic heterocycles. The van der Waals surface area contributed by atoms with Crippen LogP contribution in [0.2, 0.25) is 0 Å².